The molecule has 25 heteroatoms. The van der Waals surface area contributed by atoms with Crippen molar-refractivity contribution in [3.8, 4) is 0 Å². The highest BCUT2D eigenvalue weighted by molar-refractivity contribution is 5.98. The zero-order valence-corrected chi connectivity index (χ0v) is 42.2. The Bertz CT molecular complexity index is 2560. The first-order valence-electron chi connectivity index (χ1n) is 24.8. The Morgan fingerprint density at radius 3 is 1.75 bits per heavy atom. The maximum atomic E-state index is 14.7. The first-order valence-corrected chi connectivity index (χ1v) is 24.8. The van der Waals surface area contributed by atoms with Crippen LogP contribution in [0.5, 0.6) is 0 Å². The second kappa shape index (κ2) is 30.6. The molecule has 0 aliphatic carbocycles. The van der Waals surface area contributed by atoms with Crippen LogP contribution in [0, 0.1) is 5.41 Å². The van der Waals surface area contributed by atoms with Crippen molar-refractivity contribution in [3.05, 3.63) is 90.1 Å². The standard InChI is InChI=1S/C50H71N15O10/c1-3-4-16-36(59-29(2)66)44(70)65-41(25-42(67)68)49(75)64-40(24-32-27-55-28-58-32)48(74)62-38(22-30-13-6-5-7-14-30)46(72)61-37(19-12-21-56-50(53)54)45(71)63-39(23-31-26-57-34-17-9-8-15-33(31)34)47(73)60-35(43(52)69)18-10-11-20-51/h5-9,13-15,17,26-28,35-41,57H,3-4,10-12,16,18-25,51H2,1-2H3,(H2,52,69)(H,55,58)(H,59,66)(H,60,73)(H,61,72)(H,62,74)(H,63,71)(H,64,75)(H,65,70)(H,67,68)(H4,53,54,56)/t35-,36-,37-,38-,39-,40-,41-/m0/s1. The number of para-hydroxylation sites is 1. The van der Waals surface area contributed by atoms with Gasteiger partial charge in [-0.2, -0.15) is 0 Å². The zero-order valence-electron chi connectivity index (χ0n) is 42.2. The summed E-state index contributed by atoms with van der Waals surface area (Å²) in [7, 11) is 0. The molecule has 2 heterocycles. The molecule has 0 aliphatic heterocycles. The monoisotopic (exact) mass is 1040 g/mol. The van der Waals surface area contributed by atoms with Gasteiger partial charge in [0.15, 0.2) is 5.96 Å². The molecule has 0 bridgehead atoms. The molecule has 0 aliphatic rings. The summed E-state index contributed by atoms with van der Waals surface area (Å²) in [4.78, 5) is 132. The van der Waals surface area contributed by atoms with Crippen LogP contribution in [0.15, 0.2) is 73.3 Å². The largest absolute Gasteiger partial charge is 0.481 e. The van der Waals surface area contributed by atoms with Gasteiger partial charge in [-0.1, -0.05) is 68.3 Å². The van der Waals surface area contributed by atoms with Crippen LogP contribution in [-0.2, 0) is 62.4 Å². The Morgan fingerprint density at radius 1 is 0.627 bits per heavy atom. The number of nitrogens with zero attached hydrogens (tertiary/aromatic N) is 1. The van der Waals surface area contributed by atoms with Crippen LogP contribution in [0.1, 0.15) is 88.5 Å². The maximum absolute atomic E-state index is 14.7. The Balaban J connectivity index is 1.67. The minimum atomic E-state index is -1.72. The molecule has 4 aromatic rings. The summed E-state index contributed by atoms with van der Waals surface area (Å²) in [6.45, 7) is 3.54. The summed E-state index contributed by atoms with van der Waals surface area (Å²) in [5.74, 6) is -8.35. The number of guanidine groups is 1. The van der Waals surface area contributed by atoms with Crippen LogP contribution in [0.25, 0.3) is 10.9 Å². The number of carbonyl (C=O) groups is 9. The van der Waals surface area contributed by atoms with E-state index in [-0.39, 0.29) is 63.1 Å². The molecule has 0 saturated heterocycles. The average Bonchev–Trinajstić information content (AvgIpc) is 4.04. The fraction of sp³-hybridized carbons (Fsp3) is 0.460. The van der Waals surface area contributed by atoms with Crippen LogP contribution < -0.4 is 59.7 Å². The number of hydrogen-bond acceptors (Lipinski definition) is 12. The number of aromatic nitrogens is 3. The van der Waals surface area contributed by atoms with Gasteiger partial charge in [-0.25, -0.2) is 4.98 Å². The number of imidazole rings is 1. The highest BCUT2D eigenvalue weighted by Gasteiger charge is 2.35. The number of rotatable bonds is 33. The van der Waals surface area contributed by atoms with E-state index in [4.69, 9.17) is 22.6 Å². The van der Waals surface area contributed by atoms with Gasteiger partial charge in [0.1, 0.15) is 42.3 Å². The van der Waals surface area contributed by atoms with Gasteiger partial charge in [0.05, 0.1) is 18.4 Å². The van der Waals surface area contributed by atoms with Gasteiger partial charge in [0.2, 0.25) is 47.3 Å². The van der Waals surface area contributed by atoms with Crippen molar-refractivity contribution >= 4 is 70.1 Å². The van der Waals surface area contributed by atoms with Crippen LogP contribution in [0.3, 0.4) is 0 Å². The van der Waals surface area contributed by atoms with E-state index >= 15 is 0 Å². The van der Waals surface area contributed by atoms with E-state index in [0.717, 1.165) is 10.9 Å². The minimum Gasteiger partial charge on any atom is -0.481 e. The number of primary amides is 1. The normalized spacial score (nSPS) is 13.8. The molecular formula is C50H71N15O10. The molecule has 25 nitrogen and oxygen atoms in total. The Kier molecular flexibility index (Phi) is 24.2. The third-order valence-electron chi connectivity index (χ3n) is 12.0. The number of carboxylic acid groups (broad SMARTS) is 1. The number of nitrogens with two attached hydrogens (primary N) is 3. The van der Waals surface area contributed by atoms with Gasteiger partial charge < -0.3 is 74.8 Å². The van der Waals surface area contributed by atoms with Crippen molar-refractivity contribution in [2.45, 2.75) is 133 Å². The number of aromatic amines is 2. The third kappa shape index (κ3) is 20.2. The van der Waals surface area contributed by atoms with Crippen LogP contribution >= 0.6 is 0 Å². The number of amides is 8. The van der Waals surface area contributed by atoms with E-state index in [9.17, 15) is 48.3 Å². The fourth-order valence-electron chi connectivity index (χ4n) is 8.13. The molecule has 0 unspecified atom stereocenters. The molecule has 18 N–H and O–H groups in total. The summed E-state index contributed by atoms with van der Waals surface area (Å²) >= 11 is 0. The molecule has 0 saturated carbocycles. The zero-order chi connectivity index (χ0) is 54.9. The lowest BCUT2D eigenvalue weighted by atomic mass is 10.0. The van der Waals surface area contributed by atoms with Gasteiger partial charge in [-0.15, -0.1) is 0 Å². The Labute approximate surface area is 433 Å². The summed E-state index contributed by atoms with van der Waals surface area (Å²) in [5.41, 5.74) is 19.1. The second-order valence-corrected chi connectivity index (χ2v) is 18.0. The molecule has 8 amide bonds. The molecule has 0 spiro atoms. The predicted molar refractivity (Wildman–Crippen MR) is 277 cm³/mol. The lowest BCUT2D eigenvalue weighted by Gasteiger charge is -2.28. The van der Waals surface area contributed by atoms with E-state index in [1.54, 1.807) is 36.5 Å². The summed E-state index contributed by atoms with van der Waals surface area (Å²) in [5, 5.41) is 39.1. The molecule has 2 aromatic carbocycles. The van der Waals surface area contributed by atoms with Crippen molar-refractivity contribution in [2.24, 2.45) is 17.2 Å². The van der Waals surface area contributed by atoms with E-state index in [0.29, 0.717) is 43.4 Å². The quantitative estimate of drug-likeness (QED) is 0.0153. The highest BCUT2D eigenvalue weighted by atomic mass is 16.4. The number of unbranched alkanes of at least 4 members (excludes halogenated alkanes) is 2. The van der Waals surface area contributed by atoms with Crippen LogP contribution in [0.2, 0.25) is 0 Å². The van der Waals surface area contributed by atoms with Gasteiger partial charge >= 0.3 is 5.97 Å². The third-order valence-corrected chi connectivity index (χ3v) is 12.0. The van der Waals surface area contributed by atoms with Crippen molar-refractivity contribution in [1.82, 2.24) is 57.5 Å². The van der Waals surface area contributed by atoms with E-state index in [2.05, 4.69) is 57.5 Å². The van der Waals surface area contributed by atoms with Crippen LogP contribution in [0.4, 0.5) is 0 Å². The minimum absolute atomic E-state index is 0.0655. The second-order valence-electron chi connectivity index (χ2n) is 18.0. The van der Waals surface area contributed by atoms with E-state index in [1.807, 2.05) is 31.2 Å². The van der Waals surface area contributed by atoms with Gasteiger partial charge in [0, 0.05) is 56.0 Å². The lowest BCUT2D eigenvalue weighted by molar-refractivity contribution is -0.141. The lowest BCUT2D eigenvalue weighted by Crippen LogP contribution is -2.61. The molecule has 4 rings (SSSR count). The number of H-pyrrole nitrogens is 2. The number of hydrogen-bond donors (Lipinski definition) is 15. The number of nitrogens with one attached hydrogen (secondary N) is 11. The highest BCUT2D eigenvalue weighted by Crippen LogP contribution is 2.20. The molecule has 406 valence electrons. The molecule has 0 fully saturated rings. The fourth-order valence-corrected chi connectivity index (χ4v) is 8.13. The predicted octanol–water partition coefficient (Wildman–Crippen LogP) is -1.13. The Hall–Kier alpha value is -8.35. The topological polar surface area (TPSA) is 416 Å². The first kappa shape index (κ1) is 59.2. The molecule has 0 radical (unpaired) electrons. The van der Waals surface area contributed by atoms with E-state index in [1.165, 1.54) is 19.4 Å². The number of carbonyl (C=O) groups excluding carboxylic acids is 8. The number of carboxylic acids is 1. The average molecular weight is 1040 g/mol. The SMILES string of the molecule is CCCC[C@H](NC(C)=O)C(=O)N[C@@H](CC(=O)O)C(=O)N[C@@H](Cc1c[nH]cn1)C(=O)N[C@@H](Cc1ccccc1)C(=O)N[C@@H](CCCNC(=N)N)C(=O)N[C@@H](Cc1c[nH]c2ccccc12)C(=O)N[C@@H](CCCCN)C(N)=O. The van der Waals surface area contributed by atoms with Gasteiger partial charge in [-0.05, 0) is 62.3 Å². The van der Waals surface area contributed by atoms with Crippen LogP contribution in [-0.4, -0.2) is 135 Å². The maximum Gasteiger partial charge on any atom is 0.305 e. The summed E-state index contributed by atoms with van der Waals surface area (Å²) in [6.07, 6.45) is 5.79. The number of fused-ring (bicyclic) bond motifs is 1. The molecule has 75 heavy (non-hydrogen) atoms. The smallest absolute Gasteiger partial charge is 0.305 e. The van der Waals surface area contributed by atoms with Gasteiger partial charge in [-0.3, -0.25) is 48.6 Å². The Morgan fingerprint density at radius 2 is 1.16 bits per heavy atom. The number of benzene rings is 2. The molecular weight excluding hydrogens is 971 g/mol. The summed E-state index contributed by atoms with van der Waals surface area (Å²) < 4.78 is 0. The first-order chi connectivity index (χ1) is 35.9. The van der Waals surface area contributed by atoms with Crippen molar-refractivity contribution in [2.75, 3.05) is 13.1 Å². The summed E-state index contributed by atoms with van der Waals surface area (Å²) in [6, 6.07) is 6.25. The molecule has 7 atom stereocenters. The van der Waals surface area contributed by atoms with Crippen molar-refractivity contribution < 1.29 is 48.3 Å². The molecule has 2 aromatic heterocycles. The van der Waals surface area contributed by atoms with Crippen molar-refractivity contribution in [1.29, 1.82) is 5.41 Å². The van der Waals surface area contributed by atoms with Gasteiger partial charge in [0.25, 0.3) is 0 Å². The van der Waals surface area contributed by atoms with Crippen molar-refractivity contribution in [3.63, 3.8) is 0 Å². The number of aliphatic carboxylic acids is 1. The van der Waals surface area contributed by atoms with E-state index < -0.39 is 102 Å².